The molecule has 0 aliphatic carbocycles. The summed E-state index contributed by atoms with van der Waals surface area (Å²) >= 11 is 0. The van der Waals surface area contributed by atoms with Gasteiger partial charge in [-0.1, -0.05) is 24.7 Å². The quantitative estimate of drug-likeness (QED) is 0.375. The predicted octanol–water partition coefficient (Wildman–Crippen LogP) is 2.57. The maximum Gasteiger partial charge on any atom is 0.0515 e. The lowest BCUT2D eigenvalue weighted by atomic mass is 10.8. The second kappa shape index (κ2) is 2.07. The largest absolute Gasteiger partial charge is 0.108 e. The van der Waals surface area contributed by atoms with E-state index < -0.39 is 8.07 Å². The van der Waals surface area contributed by atoms with Crippen molar-refractivity contribution in [3.63, 3.8) is 0 Å². The lowest BCUT2D eigenvalue weighted by molar-refractivity contribution is 1.09. The van der Waals surface area contributed by atoms with Crippen molar-refractivity contribution in [1.82, 2.24) is 0 Å². The molecule has 0 unspecified atom stereocenters. The highest BCUT2D eigenvalue weighted by molar-refractivity contribution is 7.59. The van der Waals surface area contributed by atoms with Gasteiger partial charge in [0.15, 0.2) is 0 Å². The van der Waals surface area contributed by atoms with E-state index in [0.29, 0.717) is 7.92 Å². The number of rotatable bonds is 0. The van der Waals surface area contributed by atoms with Crippen molar-refractivity contribution in [1.29, 1.82) is 0 Å². The van der Waals surface area contributed by atoms with Crippen LogP contribution in [0.2, 0.25) is 24.7 Å². The highest BCUT2D eigenvalue weighted by Gasteiger charge is 2.37. The normalized spacial score (nSPS) is 49.7. The molecule has 0 aromatic rings. The second-order valence-corrected chi connectivity index (χ2v) is 11.7. The molecule has 3 saturated heterocycles. The third-order valence-electron chi connectivity index (χ3n) is 3.09. The smallest absolute Gasteiger partial charge is 0.0515 e. The number of hydrogen-bond donors (Lipinski definition) is 0. The summed E-state index contributed by atoms with van der Waals surface area (Å²) in [6.45, 7) is 2.62. The Hall–Kier alpha value is 0.647. The van der Waals surface area contributed by atoms with Gasteiger partial charge in [-0.25, -0.2) is 0 Å². The highest BCUT2D eigenvalue weighted by atomic mass is 31.1. The summed E-state index contributed by atoms with van der Waals surface area (Å²) in [4.78, 5) is 0. The van der Waals surface area contributed by atoms with Crippen molar-refractivity contribution in [3.05, 3.63) is 0 Å². The van der Waals surface area contributed by atoms with Crippen molar-refractivity contribution in [2.45, 2.75) is 24.7 Å². The minimum Gasteiger partial charge on any atom is -0.108 e. The van der Waals surface area contributed by atoms with Gasteiger partial charge in [0.25, 0.3) is 0 Å². The molecule has 0 amide bonds. The van der Waals surface area contributed by atoms with Crippen LogP contribution in [0, 0.1) is 0 Å². The fraction of sp³-hybridized carbons (Fsp3) is 1.00. The summed E-state index contributed by atoms with van der Waals surface area (Å²) in [5.74, 6) is 0. The lowest BCUT2D eigenvalue weighted by Crippen LogP contribution is -2.40. The molecule has 0 atom stereocenters. The summed E-state index contributed by atoms with van der Waals surface area (Å²) in [7, 11) is 0.0710. The molecule has 2 bridgehead atoms. The third kappa shape index (κ3) is 1.10. The number of hydrogen-bond acceptors (Lipinski definition) is 0. The molecule has 9 heavy (non-hydrogen) atoms. The maximum atomic E-state index is 2.62. The SMILES string of the molecule is C[Si]12CCP(CC1)CC2. The third-order valence-corrected chi connectivity index (χ3v) is 11.3. The summed E-state index contributed by atoms with van der Waals surface area (Å²) < 4.78 is 0. The lowest BCUT2D eigenvalue weighted by Gasteiger charge is -2.42. The Morgan fingerprint density at radius 3 is 1.67 bits per heavy atom. The van der Waals surface area contributed by atoms with Crippen LogP contribution in [0.15, 0.2) is 0 Å². The fourth-order valence-electron chi connectivity index (χ4n) is 1.99. The minimum atomic E-state index is -0.528. The van der Waals surface area contributed by atoms with E-state index in [9.17, 15) is 0 Å². The average Bonchev–Trinajstić information content (AvgIpc) is 1.90. The topological polar surface area (TPSA) is 0 Å². The van der Waals surface area contributed by atoms with Crippen LogP contribution in [0.4, 0.5) is 0 Å². The van der Waals surface area contributed by atoms with Crippen LogP contribution in [-0.2, 0) is 0 Å². The molecule has 0 aromatic carbocycles. The first-order chi connectivity index (χ1) is 4.29. The molecule has 3 aliphatic rings. The Bertz CT molecular complexity index is 102. The van der Waals surface area contributed by atoms with Gasteiger partial charge in [0.1, 0.15) is 0 Å². The molecule has 0 spiro atoms. The van der Waals surface area contributed by atoms with Crippen LogP contribution in [0.3, 0.4) is 0 Å². The van der Waals surface area contributed by atoms with Crippen molar-refractivity contribution >= 4 is 16.0 Å². The molecule has 3 heterocycles. The monoisotopic (exact) mass is 158 g/mol. The fourth-order valence-corrected chi connectivity index (χ4v) is 13.7. The first kappa shape index (κ1) is 6.36. The zero-order chi connectivity index (χ0) is 6.32. The molecule has 52 valence electrons. The first-order valence-electron chi connectivity index (χ1n) is 4.01. The van der Waals surface area contributed by atoms with Gasteiger partial charge in [-0.2, -0.15) is 0 Å². The maximum absolute atomic E-state index is 2.62. The van der Waals surface area contributed by atoms with Gasteiger partial charge >= 0.3 is 0 Å². The van der Waals surface area contributed by atoms with Crippen LogP contribution in [0.5, 0.6) is 0 Å². The van der Waals surface area contributed by atoms with E-state index in [2.05, 4.69) is 6.55 Å². The van der Waals surface area contributed by atoms with Crippen molar-refractivity contribution in [2.24, 2.45) is 0 Å². The molecular weight excluding hydrogens is 143 g/mol. The Balaban J connectivity index is 2.11. The Morgan fingerprint density at radius 2 is 1.44 bits per heavy atom. The van der Waals surface area contributed by atoms with Crippen LogP contribution in [-0.4, -0.2) is 26.6 Å². The molecule has 3 fully saturated rings. The number of fused-ring (bicyclic) bond motifs is 3. The summed E-state index contributed by atoms with van der Waals surface area (Å²) in [6, 6.07) is 5.08. The molecule has 3 rings (SSSR count). The van der Waals surface area contributed by atoms with E-state index in [0.717, 1.165) is 0 Å². The molecule has 0 radical (unpaired) electrons. The van der Waals surface area contributed by atoms with E-state index in [-0.39, 0.29) is 0 Å². The van der Waals surface area contributed by atoms with E-state index in [1.165, 1.54) is 0 Å². The summed E-state index contributed by atoms with van der Waals surface area (Å²) in [6.07, 6.45) is 4.99. The zero-order valence-electron chi connectivity index (χ0n) is 6.19. The first-order valence-corrected chi connectivity index (χ1v) is 9.03. The van der Waals surface area contributed by atoms with Crippen molar-refractivity contribution in [2.75, 3.05) is 18.5 Å². The zero-order valence-corrected chi connectivity index (χ0v) is 8.08. The molecule has 3 aliphatic heterocycles. The van der Waals surface area contributed by atoms with Crippen LogP contribution < -0.4 is 0 Å². The van der Waals surface area contributed by atoms with Gasteiger partial charge in [0, 0.05) is 0 Å². The van der Waals surface area contributed by atoms with Crippen molar-refractivity contribution in [3.8, 4) is 0 Å². The van der Waals surface area contributed by atoms with E-state index in [1.807, 2.05) is 0 Å². The Kier molecular flexibility index (Phi) is 1.46. The Morgan fingerprint density at radius 1 is 1.00 bits per heavy atom. The van der Waals surface area contributed by atoms with E-state index >= 15 is 0 Å². The van der Waals surface area contributed by atoms with Crippen LogP contribution in [0.1, 0.15) is 0 Å². The molecule has 0 aromatic heterocycles. The predicted molar refractivity (Wildman–Crippen MR) is 47.6 cm³/mol. The second-order valence-electron chi connectivity index (χ2n) is 3.90. The molecule has 2 heteroatoms. The average molecular weight is 158 g/mol. The molecule has 0 N–H and O–H groups in total. The summed E-state index contributed by atoms with van der Waals surface area (Å²) in [5.41, 5.74) is 0. The van der Waals surface area contributed by atoms with Crippen LogP contribution in [0.25, 0.3) is 0 Å². The molecule has 0 nitrogen and oxygen atoms in total. The van der Waals surface area contributed by atoms with Crippen molar-refractivity contribution < 1.29 is 0 Å². The highest BCUT2D eigenvalue weighted by Crippen LogP contribution is 2.53. The van der Waals surface area contributed by atoms with Gasteiger partial charge < -0.3 is 0 Å². The molecular formula is C7H15PSi. The van der Waals surface area contributed by atoms with E-state index in [1.54, 1.807) is 36.6 Å². The van der Waals surface area contributed by atoms with Crippen LogP contribution >= 0.6 is 7.92 Å². The Labute approximate surface area is 59.8 Å². The van der Waals surface area contributed by atoms with Gasteiger partial charge in [-0.3, -0.25) is 0 Å². The summed E-state index contributed by atoms with van der Waals surface area (Å²) in [5, 5.41) is 0. The van der Waals surface area contributed by atoms with E-state index in [4.69, 9.17) is 0 Å². The minimum absolute atomic E-state index is 0.528. The molecule has 0 saturated carbocycles. The van der Waals surface area contributed by atoms with Gasteiger partial charge in [0.2, 0.25) is 0 Å². The van der Waals surface area contributed by atoms with Gasteiger partial charge in [-0.15, -0.1) is 7.92 Å². The van der Waals surface area contributed by atoms with Gasteiger partial charge in [-0.05, 0) is 18.5 Å². The van der Waals surface area contributed by atoms with Gasteiger partial charge in [0.05, 0.1) is 8.07 Å². The standard InChI is InChI=1S/C7H15PSi/c1-9-5-2-8(3-6-9)4-7-9/h2-7H2,1H3.